The third-order valence-corrected chi connectivity index (χ3v) is 3.46. The van der Waals surface area contributed by atoms with Crippen LogP contribution in [0.15, 0.2) is 0 Å². The largest absolute Gasteiger partial charge is 0.444 e. The average Bonchev–Trinajstić information content (AvgIpc) is 2.42. The van der Waals surface area contributed by atoms with Crippen LogP contribution in [0.5, 0.6) is 0 Å². The van der Waals surface area contributed by atoms with Gasteiger partial charge < -0.3 is 15.4 Å². The van der Waals surface area contributed by atoms with Gasteiger partial charge in [-0.1, -0.05) is 6.42 Å². The molecule has 24 heavy (non-hydrogen) atoms. The molecule has 0 saturated carbocycles. The van der Waals surface area contributed by atoms with Crippen molar-refractivity contribution in [3.8, 4) is 0 Å². The molecule has 140 valence electrons. The van der Waals surface area contributed by atoms with E-state index in [1.165, 1.54) is 0 Å². The van der Waals surface area contributed by atoms with Crippen LogP contribution in [0.25, 0.3) is 0 Å². The number of piperidine rings is 1. The number of hydrogen-bond acceptors (Lipinski definition) is 4. The number of hydrogen-bond donors (Lipinski definition) is 2. The van der Waals surface area contributed by atoms with Crippen LogP contribution in [0.4, 0.5) is 18.0 Å². The average molecular weight is 353 g/mol. The number of likely N-dealkylation sites (tertiary alicyclic amines) is 1. The predicted molar refractivity (Wildman–Crippen MR) is 82.5 cm³/mol. The quantitative estimate of drug-likeness (QED) is 0.794. The van der Waals surface area contributed by atoms with Gasteiger partial charge in [0.2, 0.25) is 5.91 Å². The lowest BCUT2D eigenvalue weighted by Gasteiger charge is -2.35. The van der Waals surface area contributed by atoms with Crippen LogP contribution in [-0.2, 0) is 9.53 Å². The smallest absolute Gasteiger partial charge is 0.407 e. The van der Waals surface area contributed by atoms with Crippen molar-refractivity contribution >= 4 is 12.0 Å². The SMILES string of the molecule is CC(C)(C)OC(=O)NC[C@H]1CCCCN1CC(=O)NCC(F)(F)F. The highest BCUT2D eigenvalue weighted by Gasteiger charge is 2.29. The van der Waals surface area contributed by atoms with E-state index in [1.807, 2.05) is 5.32 Å². The zero-order chi connectivity index (χ0) is 18.4. The standard InChI is InChI=1S/C15H26F3N3O3/c1-14(2,3)24-13(23)19-8-11-6-4-5-7-21(11)9-12(22)20-10-15(16,17)18/h11H,4-10H2,1-3H3,(H,19,23)(H,20,22)/t11-/m1/s1. The molecule has 0 radical (unpaired) electrons. The first-order chi connectivity index (χ1) is 11.0. The van der Waals surface area contributed by atoms with Gasteiger partial charge in [0.1, 0.15) is 12.1 Å². The van der Waals surface area contributed by atoms with Crippen LogP contribution in [0.1, 0.15) is 40.0 Å². The Hall–Kier alpha value is -1.51. The summed E-state index contributed by atoms with van der Waals surface area (Å²) in [4.78, 5) is 25.1. The zero-order valence-electron chi connectivity index (χ0n) is 14.3. The predicted octanol–water partition coefficient (Wildman–Crippen LogP) is 2.04. The van der Waals surface area contributed by atoms with Gasteiger partial charge >= 0.3 is 12.3 Å². The molecule has 1 saturated heterocycles. The Bertz CT molecular complexity index is 436. The summed E-state index contributed by atoms with van der Waals surface area (Å²) in [6.07, 6.45) is -2.39. The molecule has 0 unspecified atom stereocenters. The van der Waals surface area contributed by atoms with Crippen molar-refractivity contribution in [3.63, 3.8) is 0 Å². The van der Waals surface area contributed by atoms with Crippen molar-refractivity contribution in [2.75, 3.05) is 26.2 Å². The summed E-state index contributed by atoms with van der Waals surface area (Å²) in [6, 6.07) is -0.0945. The fourth-order valence-corrected chi connectivity index (χ4v) is 2.45. The maximum atomic E-state index is 12.1. The van der Waals surface area contributed by atoms with Crippen LogP contribution >= 0.6 is 0 Å². The summed E-state index contributed by atoms with van der Waals surface area (Å²) in [5.41, 5.74) is -0.603. The van der Waals surface area contributed by atoms with Crippen LogP contribution in [-0.4, -0.2) is 60.9 Å². The second kappa shape index (κ2) is 8.55. The minimum absolute atomic E-state index is 0.0945. The lowest BCUT2D eigenvalue weighted by Crippen LogP contribution is -2.51. The van der Waals surface area contributed by atoms with E-state index >= 15 is 0 Å². The summed E-state index contributed by atoms with van der Waals surface area (Å²) in [5.74, 6) is -0.670. The Morgan fingerprint density at radius 2 is 1.83 bits per heavy atom. The summed E-state index contributed by atoms with van der Waals surface area (Å²) >= 11 is 0. The third kappa shape index (κ3) is 8.95. The molecule has 0 bridgehead atoms. The highest BCUT2D eigenvalue weighted by molar-refractivity contribution is 5.78. The number of halogens is 3. The van der Waals surface area contributed by atoms with Crippen molar-refractivity contribution in [2.24, 2.45) is 0 Å². The van der Waals surface area contributed by atoms with E-state index in [0.717, 1.165) is 19.3 Å². The molecule has 0 aromatic carbocycles. The van der Waals surface area contributed by atoms with Gasteiger partial charge in [-0.25, -0.2) is 4.79 Å². The number of alkyl carbamates (subject to hydrolysis) is 1. The Kier molecular flexibility index (Phi) is 7.31. The maximum absolute atomic E-state index is 12.1. The monoisotopic (exact) mass is 353 g/mol. The highest BCUT2D eigenvalue weighted by Crippen LogP contribution is 2.17. The normalized spacial score (nSPS) is 19.7. The molecule has 0 aromatic heterocycles. The minimum Gasteiger partial charge on any atom is -0.444 e. The second-order valence-corrected chi connectivity index (χ2v) is 6.89. The van der Waals surface area contributed by atoms with Crippen LogP contribution in [0.3, 0.4) is 0 Å². The van der Waals surface area contributed by atoms with E-state index in [0.29, 0.717) is 13.1 Å². The van der Waals surface area contributed by atoms with Crippen molar-refractivity contribution in [1.29, 1.82) is 0 Å². The molecule has 0 spiro atoms. The van der Waals surface area contributed by atoms with Gasteiger partial charge in [0.15, 0.2) is 0 Å². The molecule has 0 aromatic rings. The van der Waals surface area contributed by atoms with Crippen molar-refractivity contribution in [1.82, 2.24) is 15.5 Å². The first-order valence-corrected chi connectivity index (χ1v) is 8.00. The van der Waals surface area contributed by atoms with Crippen LogP contribution in [0, 0.1) is 0 Å². The Balaban J connectivity index is 2.44. The Morgan fingerprint density at radius 1 is 1.17 bits per heavy atom. The molecule has 6 nitrogen and oxygen atoms in total. The third-order valence-electron chi connectivity index (χ3n) is 3.46. The molecule has 2 amide bonds. The molecule has 1 aliphatic heterocycles. The molecule has 1 rings (SSSR count). The molecule has 1 atom stereocenters. The second-order valence-electron chi connectivity index (χ2n) is 6.89. The minimum atomic E-state index is -4.42. The molecule has 1 heterocycles. The van der Waals surface area contributed by atoms with E-state index in [9.17, 15) is 22.8 Å². The number of nitrogens with zero attached hydrogens (tertiary/aromatic N) is 1. The number of rotatable bonds is 5. The van der Waals surface area contributed by atoms with E-state index in [2.05, 4.69) is 5.32 Å². The van der Waals surface area contributed by atoms with Gasteiger partial charge in [0.25, 0.3) is 0 Å². The van der Waals surface area contributed by atoms with E-state index in [1.54, 1.807) is 25.7 Å². The van der Waals surface area contributed by atoms with Gasteiger partial charge in [0, 0.05) is 12.6 Å². The van der Waals surface area contributed by atoms with Gasteiger partial charge in [-0.05, 0) is 40.2 Å². The Labute approximate surface area is 140 Å². The van der Waals surface area contributed by atoms with E-state index in [4.69, 9.17) is 4.74 Å². The Morgan fingerprint density at radius 3 is 2.42 bits per heavy atom. The van der Waals surface area contributed by atoms with Gasteiger partial charge in [-0.3, -0.25) is 9.69 Å². The van der Waals surface area contributed by atoms with E-state index < -0.39 is 30.3 Å². The molecular formula is C15H26F3N3O3. The molecule has 2 N–H and O–H groups in total. The zero-order valence-corrected chi connectivity index (χ0v) is 14.3. The summed E-state index contributed by atoms with van der Waals surface area (Å²) in [5, 5.41) is 4.52. The fourth-order valence-electron chi connectivity index (χ4n) is 2.45. The van der Waals surface area contributed by atoms with Crippen LogP contribution < -0.4 is 10.6 Å². The number of carbonyl (C=O) groups excluding carboxylic acids is 2. The lowest BCUT2D eigenvalue weighted by molar-refractivity contribution is -0.139. The molecular weight excluding hydrogens is 327 g/mol. The summed E-state index contributed by atoms with van der Waals surface area (Å²) in [6.45, 7) is 4.72. The maximum Gasteiger partial charge on any atom is 0.407 e. The summed E-state index contributed by atoms with van der Waals surface area (Å²) < 4.78 is 41.5. The molecule has 1 fully saturated rings. The number of amides is 2. The fraction of sp³-hybridized carbons (Fsp3) is 0.867. The van der Waals surface area contributed by atoms with Crippen molar-refractivity contribution < 1.29 is 27.5 Å². The summed E-state index contributed by atoms with van der Waals surface area (Å²) in [7, 11) is 0. The molecule has 0 aliphatic carbocycles. The van der Waals surface area contributed by atoms with Crippen LogP contribution in [0.2, 0.25) is 0 Å². The number of ether oxygens (including phenoxy) is 1. The first-order valence-electron chi connectivity index (χ1n) is 8.00. The van der Waals surface area contributed by atoms with E-state index in [-0.39, 0.29) is 12.6 Å². The lowest BCUT2D eigenvalue weighted by atomic mass is 10.0. The first kappa shape index (κ1) is 20.5. The van der Waals surface area contributed by atoms with Crippen molar-refractivity contribution in [2.45, 2.75) is 57.9 Å². The molecule has 1 aliphatic rings. The number of alkyl halides is 3. The topological polar surface area (TPSA) is 70.7 Å². The highest BCUT2D eigenvalue weighted by atomic mass is 19.4. The van der Waals surface area contributed by atoms with Gasteiger partial charge in [0.05, 0.1) is 6.54 Å². The number of nitrogens with one attached hydrogen (secondary N) is 2. The van der Waals surface area contributed by atoms with Gasteiger partial charge in [-0.2, -0.15) is 13.2 Å². The number of carbonyl (C=O) groups is 2. The van der Waals surface area contributed by atoms with Gasteiger partial charge in [-0.15, -0.1) is 0 Å². The van der Waals surface area contributed by atoms with Crippen molar-refractivity contribution in [3.05, 3.63) is 0 Å². The molecule has 9 heteroatoms.